The number of rotatable bonds is 4. The number of benzene rings is 1. The fourth-order valence-electron chi connectivity index (χ4n) is 1.36. The predicted octanol–water partition coefficient (Wildman–Crippen LogP) is 1.44. The predicted molar refractivity (Wildman–Crippen MR) is 54.9 cm³/mol. The fourth-order valence-corrected chi connectivity index (χ4v) is 1.36. The third-order valence-corrected chi connectivity index (χ3v) is 2.44. The summed E-state index contributed by atoms with van der Waals surface area (Å²) in [4.78, 5) is 0. The molecule has 1 aliphatic rings. The van der Waals surface area contributed by atoms with Gasteiger partial charge < -0.3 is 14.8 Å². The molecule has 1 saturated heterocycles. The lowest BCUT2D eigenvalue weighted by molar-refractivity contribution is 0.217. The van der Waals surface area contributed by atoms with Gasteiger partial charge in [0.05, 0.1) is 7.11 Å². The van der Waals surface area contributed by atoms with Crippen LogP contribution in [-0.4, -0.2) is 26.3 Å². The van der Waals surface area contributed by atoms with E-state index in [9.17, 15) is 0 Å². The first kappa shape index (κ1) is 9.34. The molecule has 14 heavy (non-hydrogen) atoms. The van der Waals surface area contributed by atoms with E-state index in [-0.39, 0.29) is 0 Å². The molecule has 3 heteroatoms. The van der Waals surface area contributed by atoms with E-state index >= 15 is 0 Å². The summed E-state index contributed by atoms with van der Waals surface area (Å²) in [6, 6.07) is 8.21. The van der Waals surface area contributed by atoms with Crippen molar-refractivity contribution in [1.82, 2.24) is 5.32 Å². The SMILES string of the molecule is COc1ccc(OCC2CCN2)cc1. The van der Waals surface area contributed by atoms with Crippen LogP contribution in [0.2, 0.25) is 0 Å². The first-order valence-corrected chi connectivity index (χ1v) is 4.89. The highest BCUT2D eigenvalue weighted by Crippen LogP contribution is 2.17. The summed E-state index contributed by atoms with van der Waals surface area (Å²) in [5, 5.41) is 3.29. The molecule has 1 fully saturated rings. The number of ether oxygens (including phenoxy) is 2. The van der Waals surface area contributed by atoms with Crippen LogP contribution in [0, 0.1) is 0 Å². The molecule has 1 aromatic carbocycles. The third kappa shape index (κ3) is 2.17. The van der Waals surface area contributed by atoms with E-state index < -0.39 is 0 Å². The average molecular weight is 193 g/mol. The first-order chi connectivity index (χ1) is 6.88. The number of methoxy groups -OCH3 is 1. The zero-order valence-electron chi connectivity index (χ0n) is 8.32. The summed E-state index contributed by atoms with van der Waals surface area (Å²) >= 11 is 0. The van der Waals surface area contributed by atoms with Gasteiger partial charge >= 0.3 is 0 Å². The zero-order valence-corrected chi connectivity index (χ0v) is 8.32. The van der Waals surface area contributed by atoms with Crippen molar-refractivity contribution in [2.24, 2.45) is 0 Å². The molecule has 1 aromatic rings. The molecule has 0 saturated carbocycles. The summed E-state index contributed by atoms with van der Waals surface area (Å²) in [5.74, 6) is 1.76. The normalized spacial score (nSPS) is 19.9. The second-order valence-electron chi connectivity index (χ2n) is 3.43. The van der Waals surface area contributed by atoms with Crippen molar-refractivity contribution >= 4 is 0 Å². The van der Waals surface area contributed by atoms with Gasteiger partial charge in [-0.2, -0.15) is 0 Å². The van der Waals surface area contributed by atoms with Gasteiger partial charge in [-0.25, -0.2) is 0 Å². The standard InChI is InChI=1S/C11H15NO2/c1-13-10-2-4-11(5-3-10)14-8-9-6-7-12-9/h2-5,9,12H,6-8H2,1H3. The third-order valence-electron chi connectivity index (χ3n) is 2.44. The summed E-state index contributed by atoms with van der Waals surface area (Å²) in [6.07, 6.45) is 1.22. The lowest BCUT2D eigenvalue weighted by Crippen LogP contribution is -2.46. The fraction of sp³-hybridized carbons (Fsp3) is 0.455. The lowest BCUT2D eigenvalue weighted by Gasteiger charge is -2.27. The molecule has 0 bridgehead atoms. The van der Waals surface area contributed by atoms with Crippen molar-refractivity contribution in [3.63, 3.8) is 0 Å². The average Bonchev–Trinajstić information content (AvgIpc) is 2.16. The van der Waals surface area contributed by atoms with Crippen LogP contribution in [0.25, 0.3) is 0 Å². The van der Waals surface area contributed by atoms with Crippen LogP contribution in [-0.2, 0) is 0 Å². The molecule has 0 spiro atoms. The highest BCUT2D eigenvalue weighted by atomic mass is 16.5. The number of hydrogen-bond acceptors (Lipinski definition) is 3. The number of nitrogens with one attached hydrogen (secondary N) is 1. The van der Waals surface area contributed by atoms with Crippen molar-refractivity contribution in [2.45, 2.75) is 12.5 Å². The molecule has 2 rings (SSSR count). The van der Waals surface area contributed by atoms with Crippen LogP contribution in [0.5, 0.6) is 11.5 Å². The van der Waals surface area contributed by atoms with Gasteiger partial charge in [0, 0.05) is 6.04 Å². The molecule has 0 radical (unpaired) electrons. The van der Waals surface area contributed by atoms with Gasteiger partial charge in [-0.05, 0) is 37.2 Å². The van der Waals surface area contributed by atoms with E-state index in [0.29, 0.717) is 6.04 Å². The van der Waals surface area contributed by atoms with Crippen molar-refractivity contribution in [1.29, 1.82) is 0 Å². The van der Waals surface area contributed by atoms with Crippen molar-refractivity contribution in [3.8, 4) is 11.5 Å². The smallest absolute Gasteiger partial charge is 0.119 e. The molecule has 76 valence electrons. The van der Waals surface area contributed by atoms with E-state index in [2.05, 4.69) is 5.32 Å². The Hall–Kier alpha value is -1.22. The van der Waals surface area contributed by atoms with Crippen LogP contribution >= 0.6 is 0 Å². The maximum atomic E-state index is 5.59. The van der Waals surface area contributed by atoms with Gasteiger partial charge in [0.15, 0.2) is 0 Å². The molecule has 1 heterocycles. The van der Waals surface area contributed by atoms with Crippen LogP contribution in [0.1, 0.15) is 6.42 Å². The zero-order chi connectivity index (χ0) is 9.80. The van der Waals surface area contributed by atoms with Crippen LogP contribution in [0.15, 0.2) is 24.3 Å². The maximum Gasteiger partial charge on any atom is 0.119 e. The molecule has 0 aliphatic carbocycles. The topological polar surface area (TPSA) is 30.5 Å². The van der Waals surface area contributed by atoms with E-state index in [0.717, 1.165) is 24.7 Å². The maximum absolute atomic E-state index is 5.59. The Morgan fingerprint density at radius 2 is 1.93 bits per heavy atom. The summed E-state index contributed by atoms with van der Waals surface area (Å²) in [6.45, 7) is 1.88. The Kier molecular flexibility index (Phi) is 2.89. The largest absolute Gasteiger partial charge is 0.497 e. The molecule has 1 aliphatic heterocycles. The van der Waals surface area contributed by atoms with E-state index in [1.807, 2.05) is 24.3 Å². The van der Waals surface area contributed by atoms with Crippen LogP contribution in [0.4, 0.5) is 0 Å². The Morgan fingerprint density at radius 3 is 2.43 bits per heavy atom. The van der Waals surface area contributed by atoms with Crippen LogP contribution < -0.4 is 14.8 Å². The lowest BCUT2D eigenvalue weighted by atomic mass is 10.1. The molecular formula is C11H15NO2. The Bertz CT molecular complexity index is 280. The first-order valence-electron chi connectivity index (χ1n) is 4.89. The summed E-state index contributed by atoms with van der Waals surface area (Å²) in [7, 11) is 1.66. The van der Waals surface area contributed by atoms with Crippen molar-refractivity contribution in [3.05, 3.63) is 24.3 Å². The van der Waals surface area contributed by atoms with Gasteiger partial charge in [-0.3, -0.25) is 0 Å². The molecule has 1 atom stereocenters. The minimum absolute atomic E-state index is 0.539. The highest BCUT2D eigenvalue weighted by Gasteiger charge is 2.16. The van der Waals surface area contributed by atoms with Gasteiger partial charge in [0.2, 0.25) is 0 Å². The van der Waals surface area contributed by atoms with Crippen molar-refractivity contribution < 1.29 is 9.47 Å². The Balaban J connectivity index is 1.83. The van der Waals surface area contributed by atoms with E-state index in [4.69, 9.17) is 9.47 Å². The van der Waals surface area contributed by atoms with Crippen molar-refractivity contribution in [2.75, 3.05) is 20.3 Å². The second-order valence-corrected chi connectivity index (χ2v) is 3.43. The summed E-state index contributed by atoms with van der Waals surface area (Å²) in [5.41, 5.74) is 0. The summed E-state index contributed by atoms with van der Waals surface area (Å²) < 4.78 is 10.7. The van der Waals surface area contributed by atoms with Gasteiger partial charge in [0.25, 0.3) is 0 Å². The highest BCUT2D eigenvalue weighted by molar-refractivity contribution is 5.31. The Labute approximate surface area is 84.0 Å². The molecule has 0 aromatic heterocycles. The second kappa shape index (κ2) is 4.33. The van der Waals surface area contributed by atoms with E-state index in [1.165, 1.54) is 6.42 Å². The molecule has 0 amide bonds. The number of hydrogen-bond donors (Lipinski definition) is 1. The molecular weight excluding hydrogens is 178 g/mol. The minimum atomic E-state index is 0.539. The Morgan fingerprint density at radius 1 is 1.29 bits per heavy atom. The molecule has 1 unspecified atom stereocenters. The van der Waals surface area contributed by atoms with Gasteiger partial charge in [-0.1, -0.05) is 0 Å². The molecule has 3 nitrogen and oxygen atoms in total. The van der Waals surface area contributed by atoms with E-state index in [1.54, 1.807) is 7.11 Å². The van der Waals surface area contributed by atoms with Gasteiger partial charge in [-0.15, -0.1) is 0 Å². The monoisotopic (exact) mass is 193 g/mol. The van der Waals surface area contributed by atoms with Gasteiger partial charge in [0.1, 0.15) is 18.1 Å². The quantitative estimate of drug-likeness (QED) is 0.784. The van der Waals surface area contributed by atoms with Crippen LogP contribution in [0.3, 0.4) is 0 Å². The molecule has 1 N–H and O–H groups in total. The minimum Gasteiger partial charge on any atom is -0.497 e.